The molecule has 0 atom stereocenters. The second kappa shape index (κ2) is 8.50. The summed E-state index contributed by atoms with van der Waals surface area (Å²) in [7, 11) is 0. The first-order valence-corrected chi connectivity index (χ1v) is 9.91. The topological polar surface area (TPSA) is 96.7 Å². The zero-order valence-corrected chi connectivity index (χ0v) is 16.5. The van der Waals surface area contributed by atoms with Gasteiger partial charge in [-0.15, -0.1) is 0 Å². The number of nitrogens with one attached hydrogen (secondary N) is 2. The molecule has 2 aromatic carbocycles. The van der Waals surface area contributed by atoms with Crippen molar-refractivity contribution in [3.8, 4) is 0 Å². The van der Waals surface area contributed by atoms with Gasteiger partial charge in [0.1, 0.15) is 16.7 Å². The van der Waals surface area contributed by atoms with E-state index >= 15 is 0 Å². The predicted octanol–water partition coefficient (Wildman–Crippen LogP) is 3.94. The van der Waals surface area contributed by atoms with E-state index < -0.39 is 17.5 Å². The number of hydrogen-bond donors (Lipinski definition) is 3. The number of halogens is 2. The van der Waals surface area contributed by atoms with Crippen LogP contribution in [0.15, 0.2) is 64.8 Å². The summed E-state index contributed by atoms with van der Waals surface area (Å²) in [5.41, 5.74) is 7.88. The van der Waals surface area contributed by atoms with Crippen LogP contribution in [0, 0.1) is 11.6 Å². The molecule has 0 aliphatic carbocycles. The third kappa shape index (κ3) is 4.25. The van der Waals surface area contributed by atoms with Crippen LogP contribution in [0.1, 0.15) is 16.1 Å². The second-order valence-corrected chi connectivity index (χ2v) is 7.55. The Hall–Kier alpha value is -3.46. The van der Waals surface area contributed by atoms with E-state index in [9.17, 15) is 13.6 Å². The van der Waals surface area contributed by atoms with E-state index in [1.54, 1.807) is 0 Å². The minimum atomic E-state index is -0.719. The van der Waals surface area contributed by atoms with Gasteiger partial charge < -0.3 is 16.0 Å². The number of carbonyl (C=O) groups excluding carboxylic acids is 1. The average Bonchev–Trinajstić information content (AvgIpc) is 3.14. The number of nitrogens with two attached hydrogens (primary N) is 1. The number of amides is 1. The molecule has 0 saturated heterocycles. The summed E-state index contributed by atoms with van der Waals surface area (Å²) in [6.45, 7) is 0.381. The van der Waals surface area contributed by atoms with Crippen molar-refractivity contribution in [2.75, 3.05) is 12.3 Å². The molecule has 0 unspecified atom stereocenters. The summed E-state index contributed by atoms with van der Waals surface area (Å²) in [5.74, 6) is -1.88. The van der Waals surface area contributed by atoms with Crippen LogP contribution in [-0.2, 0) is 6.42 Å². The van der Waals surface area contributed by atoms with Gasteiger partial charge >= 0.3 is 0 Å². The van der Waals surface area contributed by atoms with Gasteiger partial charge in [0.05, 0.1) is 6.20 Å². The van der Waals surface area contributed by atoms with E-state index in [-0.39, 0.29) is 21.4 Å². The molecule has 0 fully saturated rings. The Morgan fingerprint density at radius 2 is 2.03 bits per heavy atom. The standard InChI is InChI=1S/C21H17F2N5OS/c22-13-5-6-17(15(23)9-13)30-18-11-27-20(24)19(28-18)21(29)25-8-7-12-10-26-16-4-2-1-3-14(12)16/h1-6,9-11,26H,7-8H2,(H2,24,27)(H,25,29). The lowest BCUT2D eigenvalue weighted by atomic mass is 10.1. The number of anilines is 1. The predicted molar refractivity (Wildman–Crippen MR) is 111 cm³/mol. The largest absolute Gasteiger partial charge is 0.382 e. The van der Waals surface area contributed by atoms with Crippen molar-refractivity contribution in [1.29, 1.82) is 0 Å². The Morgan fingerprint density at radius 1 is 1.20 bits per heavy atom. The Kier molecular flexibility index (Phi) is 5.62. The fourth-order valence-electron chi connectivity index (χ4n) is 3.00. The summed E-state index contributed by atoms with van der Waals surface area (Å²) >= 11 is 0.932. The molecule has 0 saturated carbocycles. The number of aromatic amines is 1. The van der Waals surface area contributed by atoms with Gasteiger partial charge in [-0.2, -0.15) is 0 Å². The van der Waals surface area contributed by atoms with Crippen LogP contribution in [0.2, 0.25) is 0 Å². The van der Waals surface area contributed by atoms with Crippen molar-refractivity contribution in [3.63, 3.8) is 0 Å². The molecular formula is C21H17F2N5OS. The number of rotatable bonds is 6. The molecule has 2 heterocycles. The summed E-state index contributed by atoms with van der Waals surface area (Å²) in [4.78, 5) is 24.1. The molecule has 6 nitrogen and oxygen atoms in total. The number of aromatic nitrogens is 3. The average molecular weight is 425 g/mol. The number of para-hydroxylation sites is 1. The van der Waals surface area contributed by atoms with E-state index in [1.165, 1.54) is 12.3 Å². The molecule has 0 radical (unpaired) electrons. The van der Waals surface area contributed by atoms with Crippen LogP contribution in [0.25, 0.3) is 10.9 Å². The number of nitrogen functional groups attached to an aromatic ring is 1. The van der Waals surface area contributed by atoms with Crippen LogP contribution < -0.4 is 11.1 Å². The Morgan fingerprint density at radius 3 is 2.87 bits per heavy atom. The number of carbonyl (C=O) groups is 1. The first-order chi connectivity index (χ1) is 14.5. The highest BCUT2D eigenvalue weighted by atomic mass is 32.2. The molecule has 4 N–H and O–H groups in total. The van der Waals surface area contributed by atoms with Crippen LogP contribution in [-0.4, -0.2) is 27.4 Å². The van der Waals surface area contributed by atoms with Crippen LogP contribution in [0.3, 0.4) is 0 Å². The highest BCUT2D eigenvalue weighted by Crippen LogP contribution is 2.29. The van der Waals surface area contributed by atoms with Gasteiger partial charge in [-0.05, 0) is 30.2 Å². The van der Waals surface area contributed by atoms with Gasteiger partial charge in [-0.25, -0.2) is 18.7 Å². The van der Waals surface area contributed by atoms with Gasteiger partial charge in [0, 0.05) is 34.6 Å². The molecule has 152 valence electrons. The smallest absolute Gasteiger partial charge is 0.273 e. The fraction of sp³-hybridized carbons (Fsp3) is 0.0952. The van der Waals surface area contributed by atoms with Crippen molar-refractivity contribution in [2.24, 2.45) is 0 Å². The molecule has 0 aliphatic heterocycles. The molecule has 0 spiro atoms. The van der Waals surface area contributed by atoms with Crippen molar-refractivity contribution in [2.45, 2.75) is 16.3 Å². The normalized spacial score (nSPS) is 11.0. The zero-order chi connectivity index (χ0) is 21.1. The zero-order valence-electron chi connectivity index (χ0n) is 15.7. The van der Waals surface area contributed by atoms with Crippen LogP contribution in [0.4, 0.5) is 14.6 Å². The maximum Gasteiger partial charge on any atom is 0.273 e. The fourth-order valence-corrected chi connectivity index (χ4v) is 3.76. The molecule has 4 aromatic rings. The third-order valence-corrected chi connectivity index (χ3v) is 5.41. The molecule has 1 amide bonds. The minimum absolute atomic E-state index is 0.0245. The highest BCUT2D eigenvalue weighted by Gasteiger charge is 2.15. The van der Waals surface area contributed by atoms with E-state index in [0.717, 1.165) is 40.4 Å². The second-order valence-electron chi connectivity index (χ2n) is 6.48. The minimum Gasteiger partial charge on any atom is -0.382 e. The van der Waals surface area contributed by atoms with E-state index in [2.05, 4.69) is 20.3 Å². The number of H-pyrrole nitrogens is 1. The summed E-state index contributed by atoms with van der Waals surface area (Å²) in [6.07, 6.45) is 3.88. The van der Waals surface area contributed by atoms with Gasteiger partial charge in [0.25, 0.3) is 5.91 Å². The molecular weight excluding hydrogens is 408 g/mol. The lowest BCUT2D eigenvalue weighted by Crippen LogP contribution is -2.27. The summed E-state index contributed by atoms with van der Waals surface area (Å²) < 4.78 is 26.9. The highest BCUT2D eigenvalue weighted by molar-refractivity contribution is 7.99. The summed E-state index contributed by atoms with van der Waals surface area (Å²) in [6, 6.07) is 11.1. The van der Waals surface area contributed by atoms with Crippen molar-refractivity contribution >= 4 is 34.4 Å². The van der Waals surface area contributed by atoms with Gasteiger partial charge in [0.15, 0.2) is 11.5 Å². The van der Waals surface area contributed by atoms with E-state index in [1.807, 2.05) is 30.5 Å². The van der Waals surface area contributed by atoms with Gasteiger partial charge in [0.2, 0.25) is 0 Å². The van der Waals surface area contributed by atoms with E-state index in [0.29, 0.717) is 13.0 Å². The summed E-state index contributed by atoms with van der Waals surface area (Å²) in [5, 5.41) is 4.16. The number of benzene rings is 2. The van der Waals surface area contributed by atoms with Crippen molar-refractivity contribution in [3.05, 3.63) is 77.8 Å². The lowest BCUT2D eigenvalue weighted by molar-refractivity contribution is 0.0949. The molecule has 9 heteroatoms. The molecule has 30 heavy (non-hydrogen) atoms. The molecule has 2 aromatic heterocycles. The van der Waals surface area contributed by atoms with Crippen molar-refractivity contribution in [1.82, 2.24) is 20.3 Å². The SMILES string of the molecule is Nc1ncc(Sc2ccc(F)cc2F)nc1C(=O)NCCc1c[nH]c2ccccc12. The molecule has 0 aliphatic rings. The maximum atomic E-state index is 13.9. The molecule has 0 bridgehead atoms. The third-order valence-electron chi connectivity index (χ3n) is 4.46. The molecule has 4 rings (SSSR count). The Labute approximate surface area is 174 Å². The van der Waals surface area contributed by atoms with Crippen LogP contribution >= 0.6 is 11.8 Å². The first kappa shape index (κ1) is 19.8. The van der Waals surface area contributed by atoms with E-state index in [4.69, 9.17) is 5.73 Å². The quantitative estimate of drug-likeness (QED) is 0.435. The number of fused-ring (bicyclic) bond motifs is 1. The van der Waals surface area contributed by atoms with Crippen LogP contribution in [0.5, 0.6) is 0 Å². The number of hydrogen-bond acceptors (Lipinski definition) is 5. The van der Waals surface area contributed by atoms with Crippen molar-refractivity contribution < 1.29 is 13.6 Å². The Balaban J connectivity index is 1.43. The lowest BCUT2D eigenvalue weighted by Gasteiger charge is -2.08. The maximum absolute atomic E-state index is 13.9. The van der Waals surface area contributed by atoms with Gasteiger partial charge in [-0.3, -0.25) is 4.79 Å². The monoisotopic (exact) mass is 425 g/mol. The van der Waals surface area contributed by atoms with Gasteiger partial charge in [-0.1, -0.05) is 30.0 Å². The Bertz CT molecular complexity index is 1230. The number of nitrogens with zero attached hydrogens (tertiary/aromatic N) is 2. The first-order valence-electron chi connectivity index (χ1n) is 9.10.